The van der Waals surface area contributed by atoms with Crippen molar-refractivity contribution in [3.63, 3.8) is 0 Å². The Morgan fingerprint density at radius 1 is 1.57 bits per heavy atom. The van der Waals surface area contributed by atoms with E-state index in [0.29, 0.717) is 12.5 Å². The molecule has 0 bridgehead atoms. The number of amides is 1. The van der Waals surface area contributed by atoms with Gasteiger partial charge < -0.3 is 9.64 Å². The molecule has 1 fully saturated rings. The highest BCUT2D eigenvalue weighted by Crippen LogP contribution is 2.16. The van der Waals surface area contributed by atoms with E-state index in [0.717, 1.165) is 26.1 Å². The number of carbonyl (C=O) groups excluding carboxylic acids is 1. The molecule has 14 heavy (non-hydrogen) atoms. The topological polar surface area (TPSA) is 29.5 Å². The van der Waals surface area contributed by atoms with Crippen LogP contribution < -0.4 is 0 Å². The summed E-state index contributed by atoms with van der Waals surface area (Å²) in [6.07, 6.45) is 2.54. The second-order valence-corrected chi connectivity index (χ2v) is 4.20. The minimum atomic E-state index is -0.372. The highest BCUT2D eigenvalue weighted by Gasteiger charge is 2.25. The van der Waals surface area contributed by atoms with Gasteiger partial charge in [-0.25, -0.2) is 0 Å². The number of carbonyl (C=O) groups is 1. The summed E-state index contributed by atoms with van der Waals surface area (Å²) in [6.45, 7) is 3.43. The number of rotatable bonds is 3. The van der Waals surface area contributed by atoms with Gasteiger partial charge in [0.1, 0.15) is 5.38 Å². The standard InChI is InChI=1S/C10H18ClNO2/c1-3-9(11)10(13)12(2)8-4-6-14-7-5-8/h8-9H,3-7H2,1-2H3/t9-/m0/s1. The van der Waals surface area contributed by atoms with Crippen molar-refractivity contribution >= 4 is 17.5 Å². The van der Waals surface area contributed by atoms with Gasteiger partial charge >= 0.3 is 0 Å². The minimum absolute atomic E-state index is 0.0427. The van der Waals surface area contributed by atoms with Crippen LogP contribution in [0.4, 0.5) is 0 Å². The summed E-state index contributed by atoms with van der Waals surface area (Å²) in [5, 5.41) is -0.372. The number of alkyl halides is 1. The van der Waals surface area contributed by atoms with Crippen LogP contribution in [-0.2, 0) is 9.53 Å². The molecular weight excluding hydrogens is 202 g/mol. The van der Waals surface area contributed by atoms with Crippen molar-refractivity contribution in [2.24, 2.45) is 0 Å². The van der Waals surface area contributed by atoms with Crippen LogP contribution in [-0.4, -0.2) is 42.5 Å². The third-order valence-electron chi connectivity index (χ3n) is 2.71. The summed E-state index contributed by atoms with van der Waals surface area (Å²) in [4.78, 5) is 13.5. The van der Waals surface area contributed by atoms with E-state index in [9.17, 15) is 4.79 Å². The SMILES string of the molecule is CC[C@H](Cl)C(=O)N(C)C1CCOCC1. The molecule has 4 heteroatoms. The molecule has 1 saturated heterocycles. The minimum Gasteiger partial charge on any atom is -0.381 e. The van der Waals surface area contributed by atoms with Crippen molar-refractivity contribution in [1.29, 1.82) is 0 Å². The normalized spacial score (nSPS) is 20.5. The maximum absolute atomic E-state index is 11.7. The molecule has 1 aliphatic rings. The zero-order valence-corrected chi connectivity index (χ0v) is 9.59. The van der Waals surface area contributed by atoms with E-state index in [4.69, 9.17) is 16.3 Å². The molecule has 1 atom stereocenters. The van der Waals surface area contributed by atoms with Crippen molar-refractivity contribution in [2.75, 3.05) is 20.3 Å². The lowest BCUT2D eigenvalue weighted by Gasteiger charge is -2.32. The fourth-order valence-electron chi connectivity index (χ4n) is 1.65. The molecule has 82 valence electrons. The van der Waals surface area contributed by atoms with E-state index in [1.807, 2.05) is 14.0 Å². The van der Waals surface area contributed by atoms with E-state index in [-0.39, 0.29) is 11.3 Å². The Labute approximate surface area is 90.4 Å². The number of halogens is 1. The Morgan fingerprint density at radius 2 is 2.14 bits per heavy atom. The van der Waals surface area contributed by atoms with Gasteiger partial charge in [-0.1, -0.05) is 6.92 Å². The molecule has 0 radical (unpaired) electrons. The van der Waals surface area contributed by atoms with Crippen molar-refractivity contribution in [2.45, 2.75) is 37.6 Å². The van der Waals surface area contributed by atoms with Gasteiger partial charge in [0.15, 0.2) is 0 Å². The van der Waals surface area contributed by atoms with Gasteiger partial charge in [0.2, 0.25) is 5.91 Å². The van der Waals surface area contributed by atoms with Crippen molar-refractivity contribution in [3.8, 4) is 0 Å². The molecule has 0 saturated carbocycles. The Hall–Kier alpha value is -0.280. The highest BCUT2D eigenvalue weighted by atomic mass is 35.5. The first-order valence-electron chi connectivity index (χ1n) is 5.15. The van der Waals surface area contributed by atoms with Gasteiger partial charge in [-0.15, -0.1) is 11.6 Å². The molecular formula is C10H18ClNO2. The van der Waals surface area contributed by atoms with Gasteiger partial charge in [-0.3, -0.25) is 4.79 Å². The van der Waals surface area contributed by atoms with Crippen LogP contribution in [0.25, 0.3) is 0 Å². The van der Waals surface area contributed by atoms with Gasteiger partial charge in [0.25, 0.3) is 0 Å². The molecule has 0 N–H and O–H groups in total. The Kier molecular flexibility index (Phi) is 4.69. The van der Waals surface area contributed by atoms with Crippen LogP contribution in [0.15, 0.2) is 0 Å². The largest absolute Gasteiger partial charge is 0.381 e. The predicted octanol–water partition coefficient (Wildman–Crippen LogP) is 1.64. The lowest BCUT2D eigenvalue weighted by atomic mass is 10.1. The zero-order chi connectivity index (χ0) is 10.6. The van der Waals surface area contributed by atoms with Gasteiger partial charge in [-0.2, -0.15) is 0 Å². The number of ether oxygens (including phenoxy) is 1. The molecule has 1 heterocycles. The fraction of sp³-hybridized carbons (Fsp3) is 0.900. The smallest absolute Gasteiger partial charge is 0.240 e. The predicted molar refractivity (Wildman–Crippen MR) is 56.5 cm³/mol. The summed E-state index contributed by atoms with van der Waals surface area (Å²) in [6, 6.07) is 0.309. The molecule has 0 aromatic carbocycles. The first-order valence-corrected chi connectivity index (χ1v) is 5.59. The second kappa shape index (κ2) is 5.56. The summed E-state index contributed by atoms with van der Waals surface area (Å²) in [7, 11) is 1.84. The summed E-state index contributed by atoms with van der Waals surface area (Å²) in [5.41, 5.74) is 0. The zero-order valence-electron chi connectivity index (χ0n) is 8.83. The Balaban J connectivity index is 2.45. The molecule has 1 aliphatic heterocycles. The highest BCUT2D eigenvalue weighted by molar-refractivity contribution is 6.30. The molecule has 0 unspecified atom stereocenters. The van der Waals surface area contributed by atoms with E-state index < -0.39 is 0 Å². The lowest BCUT2D eigenvalue weighted by Crippen LogP contribution is -2.43. The van der Waals surface area contributed by atoms with Crippen LogP contribution in [0.5, 0.6) is 0 Å². The van der Waals surface area contributed by atoms with Crippen LogP contribution >= 0.6 is 11.6 Å². The third kappa shape index (κ3) is 2.85. The van der Waals surface area contributed by atoms with Gasteiger partial charge in [-0.05, 0) is 19.3 Å². The maximum atomic E-state index is 11.7. The monoisotopic (exact) mass is 219 g/mol. The summed E-state index contributed by atoms with van der Waals surface area (Å²) < 4.78 is 5.25. The quantitative estimate of drug-likeness (QED) is 0.676. The van der Waals surface area contributed by atoms with E-state index in [1.165, 1.54) is 0 Å². The Bertz CT molecular complexity index is 193. The molecule has 0 aromatic rings. The van der Waals surface area contributed by atoms with E-state index in [1.54, 1.807) is 4.90 Å². The van der Waals surface area contributed by atoms with Gasteiger partial charge in [0, 0.05) is 26.3 Å². The first-order chi connectivity index (χ1) is 6.66. The van der Waals surface area contributed by atoms with Crippen molar-refractivity contribution in [3.05, 3.63) is 0 Å². The molecule has 1 rings (SSSR count). The fourth-order valence-corrected chi connectivity index (χ4v) is 1.80. The summed E-state index contributed by atoms with van der Waals surface area (Å²) >= 11 is 5.91. The molecule has 1 amide bonds. The van der Waals surface area contributed by atoms with Crippen LogP contribution in [0.1, 0.15) is 26.2 Å². The third-order valence-corrected chi connectivity index (χ3v) is 3.21. The van der Waals surface area contributed by atoms with Crippen molar-refractivity contribution in [1.82, 2.24) is 4.90 Å². The maximum Gasteiger partial charge on any atom is 0.240 e. The number of hydrogen-bond donors (Lipinski definition) is 0. The number of nitrogens with zero attached hydrogens (tertiary/aromatic N) is 1. The van der Waals surface area contributed by atoms with E-state index >= 15 is 0 Å². The average Bonchev–Trinajstić information content (AvgIpc) is 2.27. The molecule has 0 aromatic heterocycles. The molecule has 0 aliphatic carbocycles. The van der Waals surface area contributed by atoms with Crippen LogP contribution in [0.2, 0.25) is 0 Å². The first kappa shape index (κ1) is 11.8. The van der Waals surface area contributed by atoms with Gasteiger partial charge in [0.05, 0.1) is 0 Å². The van der Waals surface area contributed by atoms with E-state index in [2.05, 4.69) is 0 Å². The van der Waals surface area contributed by atoms with Crippen LogP contribution in [0, 0.1) is 0 Å². The summed E-state index contributed by atoms with van der Waals surface area (Å²) in [5.74, 6) is 0.0427. The lowest BCUT2D eigenvalue weighted by molar-refractivity contribution is -0.133. The van der Waals surface area contributed by atoms with Crippen LogP contribution in [0.3, 0.4) is 0 Å². The number of hydrogen-bond acceptors (Lipinski definition) is 2. The Morgan fingerprint density at radius 3 is 2.64 bits per heavy atom. The van der Waals surface area contributed by atoms with Crippen molar-refractivity contribution < 1.29 is 9.53 Å². The molecule has 3 nitrogen and oxygen atoms in total. The average molecular weight is 220 g/mol. The molecule has 0 spiro atoms. The second-order valence-electron chi connectivity index (χ2n) is 3.67.